The first-order valence-corrected chi connectivity index (χ1v) is 4.77. The predicted molar refractivity (Wildman–Crippen MR) is 52.8 cm³/mol. The Morgan fingerprint density at radius 3 is 2.85 bits per heavy atom. The van der Waals surface area contributed by atoms with E-state index in [1.54, 1.807) is 0 Å². The van der Waals surface area contributed by atoms with E-state index in [1.807, 2.05) is 6.08 Å². The molecule has 3 atom stereocenters. The van der Waals surface area contributed by atoms with Gasteiger partial charge in [-0.15, -0.1) is 0 Å². The minimum Gasteiger partial charge on any atom is -0.784 e. The monoisotopic (exact) mass is 184 g/mol. The first kappa shape index (κ1) is 10.7. The van der Waals surface area contributed by atoms with Crippen LogP contribution in [0.1, 0.15) is 26.7 Å². The molecule has 0 radical (unpaired) electrons. The molecule has 0 aromatic rings. The lowest BCUT2D eigenvalue weighted by Gasteiger charge is -2.38. The summed E-state index contributed by atoms with van der Waals surface area (Å²) in [5.74, 6) is 0.395. The van der Waals surface area contributed by atoms with E-state index in [4.69, 9.17) is 0 Å². The van der Waals surface area contributed by atoms with E-state index < -0.39 is 6.23 Å². The van der Waals surface area contributed by atoms with Crippen LogP contribution < -0.4 is 0 Å². The number of allylic oxidation sites excluding steroid dienone is 1. The number of nitrogens with zero attached hydrogens (tertiary/aromatic N) is 1. The van der Waals surface area contributed by atoms with Gasteiger partial charge >= 0.3 is 0 Å². The molecule has 13 heavy (non-hydrogen) atoms. The number of aliphatic hydroxyl groups is 1. The van der Waals surface area contributed by atoms with Crippen molar-refractivity contribution in [2.45, 2.75) is 32.9 Å². The van der Waals surface area contributed by atoms with Gasteiger partial charge in [0.1, 0.15) is 6.23 Å². The topological polar surface area (TPSA) is 46.5 Å². The van der Waals surface area contributed by atoms with Crippen LogP contribution >= 0.6 is 0 Å². The van der Waals surface area contributed by atoms with Gasteiger partial charge in [0.05, 0.1) is 0 Å². The lowest BCUT2D eigenvalue weighted by Crippen LogP contribution is -2.37. The lowest BCUT2D eigenvalue weighted by atomic mass is 9.81. The van der Waals surface area contributed by atoms with Crippen LogP contribution in [0.2, 0.25) is 0 Å². The van der Waals surface area contributed by atoms with Crippen molar-refractivity contribution in [3.63, 3.8) is 0 Å². The van der Waals surface area contributed by atoms with Crippen molar-refractivity contribution in [1.29, 1.82) is 0 Å². The van der Waals surface area contributed by atoms with Gasteiger partial charge in [-0.05, 0) is 32.7 Å². The van der Waals surface area contributed by atoms with Crippen molar-refractivity contribution in [3.05, 3.63) is 16.9 Å². The highest BCUT2D eigenvalue weighted by Crippen LogP contribution is 2.31. The molecule has 0 aromatic carbocycles. The molecule has 1 N–H and O–H groups in total. The zero-order valence-corrected chi connectivity index (χ0v) is 8.53. The molecule has 0 amide bonds. The van der Waals surface area contributed by atoms with Gasteiger partial charge in [-0.2, -0.15) is 0 Å². The first-order chi connectivity index (χ1) is 6.02. The maximum Gasteiger partial charge on any atom is 0.102 e. The third-order valence-corrected chi connectivity index (χ3v) is 2.84. The molecule has 0 bridgehead atoms. The molecular formula is C10H18NO2-. The third-order valence-electron chi connectivity index (χ3n) is 2.84. The molecule has 0 saturated carbocycles. The van der Waals surface area contributed by atoms with E-state index in [1.165, 1.54) is 12.6 Å². The Bertz CT molecular complexity index is 201. The fourth-order valence-corrected chi connectivity index (χ4v) is 1.85. The number of hydroxylamine groups is 2. The zero-order valence-electron chi connectivity index (χ0n) is 8.53. The quantitative estimate of drug-likeness (QED) is 0.404. The van der Waals surface area contributed by atoms with Gasteiger partial charge in [-0.1, -0.05) is 18.6 Å². The van der Waals surface area contributed by atoms with Crippen LogP contribution in [0.15, 0.2) is 11.6 Å². The highest BCUT2D eigenvalue weighted by atomic mass is 16.5. The van der Waals surface area contributed by atoms with Gasteiger partial charge in [0, 0.05) is 5.92 Å². The zero-order chi connectivity index (χ0) is 10.0. The molecule has 3 unspecified atom stereocenters. The summed E-state index contributed by atoms with van der Waals surface area (Å²) in [6, 6.07) is 0. The Labute approximate surface area is 79.6 Å². The van der Waals surface area contributed by atoms with Crippen molar-refractivity contribution in [2.75, 3.05) is 7.05 Å². The summed E-state index contributed by atoms with van der Waals surface area (Å²) >= 11 is 0. The summed E-state index contributed by atoms with van der Waals surface area (Å²) in [6.45, 7) is 4.14. The van der Waals surface area contributed by atoms with Gasteiger partial charge in [-0.3, -0.25) is 0 Å². The maximum atomic E-state index is 10.9. The number of aliphatic hydroxyl groups excluding tert-OH is 1. The maximum absolute atomic E-state index is 10.9. The van der Waals surface area contributed by atoms with Crippen molar-refractivity contribution in [3.8, 4) is 0 Å². The molecule has 3 heteroatoms. The minimum absolute atomic E-state index is 0.00347. The van der Waals surface area contributed by atoms with Gasteiger partial charge in [-0.25, -0.2) is 0 Å². The average Bonchev–Trinajstić information content (AvgIpc) is 2.08. The number of hydrogen-bond acceptors (Lipinski definition) is 3. The van der Waals surface area contributed by atoms with Crippen LogP contribution in [0.3, 0.4) is 0 Å². The molecule has 0 aliphatic heterocycles. The standard InChI is InChI=1S/C10H18NO2/c1-7-4-5-8(2)9(6-7)10(12)11(3)13/h6,8-10,12H,4-5H2,1-3H3/q-1. The lowest BCUT2D eigenvalue weighted by molar-refractivity contribution is -0.00235. The smallest absolute Gasteiger partial charge is 0.102 e. The average molecular weight is 184 g/mol. The molecule has 3 nitrogen and oxygen atoms in total. The van der Waals surface area contributed by atoms with Gasteiger partial charge < -0.3 is 15.4 Å². The van der Waals surface area contributed by atoms with Crippen LogP contribution in [0.5, 0.6) is 0 Å². The van der Waals surface area contributed by atoms with E-state index in [2.05, 4.69) is 13.8 Å². The van der Waals surface area contributed by atoms with E-state index in [0.29, 0.717) is 11.0 Å². The third kappa shape index (κ3) is 2.53. The van der Waals surface area contributed by atoms with Crippen LogP contribution in [0, 0.1) is 17.0 Å². The summed E-state index contributed by atoms with van der Waals surface area (Å²) in [4.78, 5) is 0. The fourth-order valence-electron chi connectivity index (χ4n) is 1.85. The number of hydrogen-bond donors (Lipinski definition) is 1. The minimum atomic E-state index is -0.884. The molecule has 0 spiro atoms. The Morgan fingerprint density at radius 1 is 1.69 bits per heavy atom. The summed E-state index contributed by atoms with van der Waals surface area (Å²) in [6.07, 6.45) is 3.31. The Kier molecular flexibility index (Phi) is 3.47. The summed E-state index contributed by atoms with van der Waals surface area (Å²) < 4.78 is 0. The SMILES string of the molecule is CC1=CC(C(O)N(C)[O-])C(C)CC1. The summed E-state index contributed by atoms with van der Waals surface area (Å²) in [5, 5.41) is 21.2. The Morgan fingerprint density at radius 2 is 2.31 bits per heavy atom. The highest BCUT2D eigenvalue weighted by molar-refractivity contribution is 5.08. The Hall–Kier alpha value is -0.380. The molecular weight excluding hydrogens is 166 g/mol. The normalized spacial score (nSPS) is 31.7. The summed E-state index contributed by atoms with van der Waals surface area (Å²) in [5.41, 5.74) is 1.28. The van der Waals surface area contributed by atoms with E-state index >= 15 is 0 Å². The van der Waals surface area contributed by atoms with Gasteiger partial charge in [0.15, 0.2) is 0 Å². The molecule has 1 aliphatic carbocycles. The van der Waals surface area contributed by atoms with E-state index in [-0.39, 0.29) is 5.92 Å². The largest absolute Gasteiger partial charge is 0.784 e. The van der Waals surface area contributed by atoms with Crippen molar-refractivity contribution in [1.82, 2.24) is 5.06 Å². The summed E-state index contributed by atoms with van der Waals surface area (Å²) in [7, 11) is 1.37. The van der Waals surface area contributed by atoms with Crippen molar-refractivity contribution >= 4 is 0 Å². The van der Waals surface area contributed by atoms with Gasteiger partial charge in [0.25, 0.3) is 0 Å². The molecule has 1 rings (SSSR count). The molecule has 1 aliphatic rings. The number of rotatable bonds is 2. The molecule has 0 heterocycles. The van der Waals surface area contributed by atoms with Crippen LogP contribution in [-0.4, -0.2) is 23.4 Å². The van der Waals surface area contributed by atoms with Crippen LogP contribution in [-0.2, 0) is 0 Å². The second kappa shape index (κ2) is 4.22. The van der Waals surface area contributed by atoms with E-state index in [9.17, 15) is 10.3 Å². The van der Waals surface area contributed by atoms with Crippen molar-refractivity contribution < 1.29 is 5.11 Å². The predicted octanol–water partition coefficient (Wildman–Crippen LogP) is 1.73. The van der Waals surface area contributed by atoms with E-state index in [0.717, 1.165) is 12.8 Å². The van der Waals surface area contributed by atoms with Gasteiger partial charge in [0.2, 0.25) is 0 Å². The molecule has 0 saturated heterocycles. The second-order valence-corrected chi connectivity index (χ2v) is 4.07. The molecule has 0 aromatic heterocycles. The Balaban J connectivity index is 2.70. The molecule has 0 fully saturated rings. The highest BCUT2D eigenvalue weighted by Gasteiger charge is 2.25. The van der Waals surface area contributed by atoms with Crippen LogP contribution in [0.4, 0.5) is 0 Å². The fraction of sp³-hybridized carbons (Fsp3) is 0.800. The van der Waals surface area contributed by atoms with Crippen molar-refractivity contribution in [2.24, 2.45) is 11.8 Å². The van der Waals surface area contributed by atoms with Crippen LogP contribution in [0.25, 0.3) is 0 Å². The second-order valence-electron chi connectivity index (χ2n) is 4.07. The first-order valence-electron chi connectivity index (χ1n) is 4.77. The molecule has 76 valence electrons.